The largest absolute Gasteiger partial charge is 0.305 e. The van der Waals surface area contributed by atoms with Crippen molar-refractivity contribution < 1.29 is 0 Å². The van der Waals surface area contributed by atoms with Crippen LogP contribution in [0.3, 0.4) is 0 Å². The molecule has 3 heteroatoms. The van der Waals surface area contributed by atoms with E-state index in [2.05, 4.69) is 48.0 Å². The number of nitrogens with one attached hydrogen (secondary N) is 1. The molecule has 1 aliphatic heterocycles. The van der Waals surface area contributed by atoms with Gasteiger partial charge in [0.05, 0.1) is 5.69 Å². The van der Waals surface area contributed by atoms with Gasteiger partial charge in [0, 0.05) is 23.5 Å². The van der Waals surface area contributed by atoms with Crippen molar-refractivity contribution in [3.63, 3.8) is 0 Å². The minimum Gasteiger partial charge on any atom is -0.305 e. The van der Waals surface area contributed by atoms with E-state index >= 15 is 0 Å². The summed E-state index contributed by atoms with van der Waals surface area (Å²) in [6.07, 6.45) is 4.50. The van der Waals surface area contributed by atoms with Crippen LogP contribution in [0.5, 0.6) is 0 Å². The molecular weight excluding hydrogens is 216 g/mol. The van der Waals surface area contributed by atoms with Gasteiger partial charge >= 0.3 is 0 Å². The maximum atomic E-state index is 4.40. The summed E-state index contributed by atoms with van der Waals surface area (Å²) in [5.41, 5.74) is 1.14. The zero-order valence-electron chi connectivity index (χ0n) is 10.0. The molecule has 3 atom stereocenters. The van der Waals surface area contributed by atoms with Crippen LogP contribution < -0.4 is 5.32 Å². The molecule has 1 N–H and O–H groups in total. The van der Waals surface area contributed by atoms with E-state index in [9.17, 15) is 0 Å². The fourth-order valence-corrected chi connectivity index (χ4v) is 3.33. The number of pyridine rings is 1. The molecule has 1 aromatic heterocycles. The first kappa shape index (κ1) is 11.9. The molecule has 1 saturated heterocycles. The normalized spacial score (nSPS) is 27.6. The van der Waals surface area contributed by atoms with Gasteiger partial charge in [-0.3, -0.25) is 4.98 Å². The third kappa shape index (κ3) is 2.98. The minimum atomic E-state index is 0.354. The van der Waals surface area contributed by atoms with E-state index in [1.807, 2.05) is 12.3 Å². The van der Waals surface area contributed by atoms with E-state index < -0.39 is 0 Å². The summed E-state index contributed by atoms with van der Waals surface area (Å²) in [6.45, 7) is 4.53. The molecule has 2 nitrogen and oxygen atoms in total. The Morgan fingerprint density at radius 2 is 2.38 bits per heavy atom. The van der Waals surface area contributed by atoms with Crippen LogP contribution in [-0.4, -0.2) is 22.0 Å². The lowest BCUT2D eigenvalue weighted by Gasteiger charge is -2.31. The molecule has 0 bridgehead atoms. The van der Waals surface area contributed by atoms with Crippen molar-refractivity contribution in [2.45, 2.75) is 44.0 Å². The van der Waals surface area contributed by atoms with E-state index in [-0.39, 0.29) is 0 Å². The molecule has 2 heterocycles. The molecule has 88 valence electrons. The molecule has 0 saturated carbocycles. The van der Waals surface area contributed by atoms with Crippen molar-refractivity contribution in [3.05, 3.63) is 30.1 Å². The molecule has 0 radical (unpaired) electrons. The van der Waals surface area contributed by atoms with Crippen molar-refractivity contribution in [1.29, 1.82) is 0 Å². The highest BCUT2D eigenvalue weighted by Gasteiger charge is 2.23. The van der Waals surface area contributed by atoms with Crippen molar-refractivity contribution in [2.75, 3.05) is 5.75 Å². The van der Waals surface area contributed by atoms with Gasteiger partial charge in [-0.05, 0) is 37.7 Å². The summed E-state index contributed by atoms with van der Waals surface area (Å²) in [5.74, 6) is 1.32. The van der Waals surface area contributed by atoms with E-state index in [0.717, 1.165) is 10.9 Å². The number of thioether (sulfide) groups is 1. The Hall–Kier alpha value is -0.540. The van der Waals surface area contributed by atoms with Gasteiger partial charge in [0.2, 0.25) is 0 Å². The average molecular weight is 236 g/mol. The zero-order chi connectivity index (χ0) is 11.4. The molecule has 0 amide bonds. The number of rotatable bonds is 3. The van der Waals surface area contributed by atoms with Gasteiger partial charge in [-0.2, -0.15) is 11.8 Å². The Labute approximate surface area is 102 Å². The molecule has 1 fully saturated rings. The summed E-state index contributed by atoms with van der Waals surface area (Å²) in [6, 6.07) is 7.11. The third-order valence-corrected chi connectivity index (χ3v) is 4.58. The Bertz CT molecular complexity index is 315. The SMILES string of the molecule is CC1SCCCC1N[C@H](C)c1ccccn1. The van der Waals surface area contributed by atoms with Crippen molar-refractivity contribution in [1.82, 2.24) is 10.3 Å². The second-order valence-electron chi connectivity index (χ2n) is 4.47. The molecule has 0 aromatic carbocycles. The van der Waals surface area contributed by atoms with Crippen LogP contribution in [0, 0.1) is 0 Å². The summed E-state index contributed by atoms with van der Waals surface area (Å²) in [7, 11) is 0. The van der Waals surface area contributed by atoms with Crippen molar-refractivity contribution in [3.8, 4) is 0 Å². The Balaban J connectivity index is 1.94. The monoisotopic (exact) mass is 236 g/mol. The molecule has 1 aromatic rings. The highest BCUT2D eigenvalue weighted by Crippen LogP contribution is 2.26. The molecule has 0 spiro atoms. The molecule has 2 rings (SSSR count). The Kier molecular flexibility index (Phi) is 4.24. The second kappa shape index (κ2) is 5.69. The van der Waals surface area contributed by atoms with Gasteiger partial charge in [-0.25, -0.2) is 0 Å². The maximum Gasteiger partial charge on any atom is 0.0570 e. The molecule has 2 unspecified atom stereocenters. The lowest BCUT2D eigenvalue weighted by molar-refractivity contribution is 0.413. The lowest BCUT2D eigenvalue weighted by Crippen LogP contribution is -2.40. The van der Waals surface area contributed by atoms with Crippen LogP contribution in [-0.2, 0) is 0 Å². The first-order valence-electron chi connectivity index (χ1n) is 6.06. The van der Waals surface area contributed by atoms with Crippen LogP contribution in [0.2, 0.25) is 0 Å². The van der Waals surface area contributed by atoms with Gasteiger partial charge in [-0.1, -0.05) is 13.0 Å². The maximum absolute atomic E-state index is 4.40. The zero-order valence-corrected chi connectivity index (χ0v) is 10.8. The van der Waals surface area contributed by atoms with Crippen LogP contribution in [0.15, 0.2) is 24.4 Å². The standard InChI is InChI=1S/C13H20N2S/c1-10(12-6-3-4-8-14-12)15-13-7-5-9-16-11(13)2/h3-4,6,8,10-11,13,15H,5,7,9H2,1-2H3/t10-,11?,13?/m1/s1. The van der Waals surface area contributed by atoms with Gasteiger partial charge < -0.3 is 5.32 Å². The van der Waals surface area contributed by atoms with Crippen LogP contribution in [0.1, 0.15) is 38.4 Å². The topological polar surface area (TPSA) is 24.9 Å². The molecule has 16 heavy (non-hydrogen) atoms. The smallest absolute Gasteiger partial charge is 0.0570 e. The quantitative estimate of drug-likeness (QED) is 0.873. The second-order valence-corrected chi connectivity index (χ2v) is 5.95. The predicted molar refractivity (Wildman–Crippen MR) is 70.7 cm³/mol. The molecular formula is C13H20N2S. The van der Waals surface area contributed by atoms with Crippen LogP contribution >= 0.6 is 11.8 Å². The average Bonchev–Trinajstić information content (AvgIpc) is 2.33. The summed E-state index contributed by atoms with van der Waals surface area (Å²) in [5, 5.41) is 4.42. The number of nitrogens with zero attached hydrogens (tertiary/aromatic N) is 1. The Morgan fingerprint density at radius 3 is 3.06 bits per heavy atom. The van der Waals surface area contributed by atoms with Gasteiger partial charge in [0.1, 0.15) is 0 Å². The van der Waals surface area contributed by atoms with Crippen LogP contribution in [0.4, 0.5) is 0 Å². The lowest BCUT2D eigenvalue weighted by atomic mass is 10.1. The highest BCUT2D eigenvalue weighted by atomic mass is 32.2. The number of hydrogen-bond acceptors (Lipinski definition) is 3. The van der Waals surface area contributed by atoms with E-state index in [4.69, 9.17) is 0 Å². The predicted octanol–water partition coefficient (Wildman–Crippen LogP) is 3.02. The van der Waals surface area contributed by atoms with E-state index in [0.29, 0.717) is 12.1 Å². The van der Waals surface area contributed by atoms with E-state index in [1.54, 1.807) is 0 Å². The Morgan fingerprint density at radius 1 is 1.50 bits per heavy atom. The third-order valence-electron chi connectivity index (χ3n) is 3.20. The van der Waals surface area contributed by atoms with Crippen LogP contribution in [0.25, 0.3) is 0 Å². The van der Waals surface area contributed by atoms with Gasteiger partial charge in [-0.15, -0.1) is 0 Å². The fourth-order valence-electron chi connectivity index (χ4n) is 2.18. The van der Waals surface area contributed by atoms with Gasteiger partial charge in [0.15, 0.2) is 0 Å². The first-order valence-corrected chi connectivity index (χ1v) is 7.11. The molecule has 1 aliphatic rings. The highest BCUT2D eigenvalue weighted by molar-refractivity contribution is 7.99. The summed E-state index contributed by atoms with van der Waals surface area (Å²) < 4.78 is 0. The fraction of sp³-hybridized carbons (Fsp3) is 0.615. The first-order chi connectivity index (χ1) is 7.77. The van der Waals surface area contributed by atoms with Crippen molar-refractivity contribution in [2.24, 2.45) is 0 Å². The number of aromatic nitrogens is 1. The van der Waals surface area contributed by atoms with E-state index in [1.165, 1.54) is 18.6 Å². The van der Waals surface area contributed by atoms with Gasteiger partial charge in [0.25, 0.3) is 0 Å². The number of hydrogen-bond donors (Lipinski definition) is 1. The summed E-state index contributed by atoms with van der Waals surface area (Å²) in [4.78, 5) is 4.40. The molecule has 0 aliphatic carbocycles. The minimum absolute atomic E-state index is 0.354. The summed E-state index contributed by atoms with van der Waals surface area (Å²) >= 11 is 2.08. The van der Waals surface area contributed by atoms with Crippen molar-refractivity contribution >= 4 is 11.8 Å².